The van der Waals surface area contributed by atoms with E-state index in [-0.39, 0.29) is 14.1 Å². The van der Waals surface area contributed by atoms with Crippen LogP contribution in [0.15, 0.2) is 218 Å². The van der Waals surface area contributed by atoms with Gasteiger partial charge in [-0.2, -0.15) is 0 Å². The van der Waals surface area contributed by atoms with Gasteiger partial charge < -0.3 is 28.1 Å². The summed E-state index contributed by atoms with van der Waals surface area (Å²) in [5.41, 5.74) is 20.7. The van der Waals surface area contributed by atoms with Gasteiger partial charge in [-0.3, -0.25) is 0 Å². The molecule has 8 heteroatoms. The molecule has 68 heavy (non-hydrogen) atoms. The fourth-order valence-corrected chi connectivity index (χ4v) is 12.0. The number of anilines is 4. The van der Waals surface area contributed by atoms with E-state index in [0.717, 1.165) is 67.7 Å². The summed E-state index contributed by atoms with van der Waals surface area (Å²) < 4.78 is 18.6. The summed E-state index contributed by atoms with van der Waals surface area (Å²) in [6.45, 7) is 0. The van der Waals surface area contributed by atoms with E-state index in [1.165, 1.54) is 65.9 Å². The minimum absolute atomic E-state index is 0.305. The van der Waals surface area contributed by atoms with Crippen LogP contribution in [-0.4, -0.2) is 23.2 Å². The summed E-state index contributed by atoms with van der Waals surface area (Å²) in [7, 11) is -0.624. The molecule has 4 aliphatic rings. The highest BCUT2D eigenvalue weighted by Gasteiger charge is 2.47. The minimum Gasteiger partial charge on any atom is -0.536 e. The monoisotopic (exact) mass is 866 g/mol. The molecule has 0 unspecified atom stereocenters. The zero-order chi connectivity index (χ0) is 44.2. The van der Waals surface area contributed by atoms with Crippen LogP contribution in [0.4, 0.5) is 22.7 Å². The summed E-state index contributed by atoms with van der Waals surface area (Å²) in [6.07, 6.45) is 0. The number of hydrogen-bond acceptors (Lipinski definition) is 4. The van der Waals surface area contributed by atoms with Gasteiger partial charge >= 0.3 is 14.1 Å². The van der Waals surface area contributed by atoms with Crippen molar-refractivity contribution in [3.63, 3.8) is 0 Å². The normalized spacial score (nSPS) is 13.7. The quantitative estimate of drug-likeness (QED) is 0.166. The fraction of sp³-hybridized carbons (Fsp3) is 0. The molecule has 0 radical (unpaired) electrons. The second kappa shape index (κ2) is 13.4. The molecule has 0 fully saturated rings. The molecule has 6 nitrogen and oxygen atoms in total. The first-order valence-corrected chi connectivity index (χ1v) is 23.4. The van der Waals surface area contributed by atoms with Crippen LogP contribution in [0, 0.1) is 0 Å². The summed E-state index contributed by atoms with van der Waals surface area (Å²) in [6, 6.07) is 79.5. The first-order valence-electron chi connectivity index (χ1n) is 23.4. The smallest absolute Gasteiger partial charge is 0.524 e. The van der Waals surface area contributed by atoms with Crippen molar-refractivity contribution in [3.05, 3.63) is 218 Å². The van der Waals surface area contributed by atoms with Crippen LogP contribution >= 0.6 is 0 Å². The fourth-order valence-electron chi connectivity index (χ4n) is 12.0. The Balaban J connectivity index is 0.872. The third kappa shape index (κ3) is 4.83. The molecule has 12 aromatic rings. The van der Waals surface area contributed by atoms with Gasteiger partial charge in [0.1, 0.15) is 11.5 Å². The van der Waals surface area contributed by atoms with Gasteiger partial charge in [0.05, 0.1) is 33.4 Å². The highest BCUT2D eigenvalue weighted by atomic mass is 16.5. The molecule has 0 aliphatic carbocycles. The summed E-state index contributed by atoms with van der Waals surface area (Å²) >= 11 is 0. The first-order chi connectivity index (χ1) is 33.7. The molecule has 0 N–H and O–H groups in total. The van der Waals surface area contributed by atoms with Crippen LogP contribution in [0.1, 0.15) is 0 Å². The molecule has 0 spiro atoms. The third-order valence-corrected chi connectivity index (χ3v) is 14.9. The number of aromatic nitrogens is 2. The maximum atomic E-state index is 6.92. The lowest BCUT2D eigenvalue weighted by molar-refractivity contribution is 0.603. The van der Waals surface area contributed by atoms with Crippen molar-refractivity contribution in [1.82, 2.24) is 9.13 Å². The Bertz CT molecular complexity index is 4070. The van der Waals surface area contributed by atoms with E-state index in [9.17, 15) is 0 Å². The van der Waals surface area contributed by atoms with Gasteiger partial charge in [0.25, 0.3) is 0 Å². The Morgan fingerprint density at radius 3 is 1.34 bits per heavy atom. The average Bonchev–Trinajstić information content (AvgIpc) is 4.17. The Kier molecular flexibility index (Phi) is 7.15. The maximum absolute atomic E-state index is 6.92. The second-order valence-corrected chi connectivity index (χ2v) is 18.4. The summed E-state index contributed by atoms with van der Waals surface area (Å²) in [4.78, 5) is 4.77. The topological polar surface area (TPSA) is 34.8 Å². The molecular formula is C60H36B2N4O2. The van der Waals surface area contributed by atoms with Crippen molar-refractivity contribution >= 4 is 91.4 Å². The molecule has 0 bridgehead atoms. The zero-order valence-corrected chi connectivity index (χ0v) is 36.5. The largest absolute Gasteiger partial charge is 0.536 e. The number of nitrogens with zero attached hydrogens (tertiary/aromatic N) is 4. The number of para-hydroxylation sites is 8. The molecule has 16 rings (SSSR count). The van der Waals surface area contributed by atoms with Crippen LogP contribution in [0.5, 0.6) is 11.5 Å². The lowest BCUT2D eigenvalue weighted by Crippen LogP contribution is -2.50. The van der Waals surface area contributed by atoms with E-state index in [0.29, 0.717) is 0 Å². The summed E-state index contributed by atoms with van der Waals surface area (Å²) in [5.74, 6) is 1.78. The standard InChI is InChI=1S/C60H36B2N4O2/c1-5-17-51-42(13-1)43-14-2-6-18-52(43)63(51)39-27-31-49-47(35-39)46-30-26-38(34-58(46)66-57-22-10-12-24-60(57)67-61(49)66)37-25-29-41-48-36-40(64-53-19-7-3-15-44(53)45-16-4-8-20-54(45)64)28-32-55(48)65-56-21-9-11-23-59(56)68-62(65)50(41)33-37/h1-36H. The van der Waals surface area contributed by atoms with E-state index < -0.39 is 0 Å². The first kappa shape index (κ1) is 36.4. The highest BCUT2D eigenvalue weighted by Crippen LogP contribution is 2.51. The van der Waals surface area contributed by atoms with Gasteiger partial charge in [-0.25, -0.2) is 0 Å². The van der Waals surface area contributed by atoms with Gasteiger partial charge in [0.2, 0.25) is 0 Å². The van der Waals surface area contributed by atoms with Crippen LogP contribution < -0.4 is 29.9 Å². The molecule has 314 valence electrons. The van der Waals surface area contributed by atoms with E-state index in [1.807, 2.05) is 0 Å². The predicted octanol–water partition coefficient (Wildman–Crippen LogP) is 13.4. The lowest BCUT2D eigenvalue weighted by Gasteiger charge is -2.33. The molecule has 0 saturated carbocycles. The van der Waals surface area contributed by atoms with Crippen molar-refractivity contribution in [2.75, 3.05) is 9.62 Å². The molecule has 0 amide bonds. The van der Waals surface area contributed by atoms with E-state index >= 15 is 0 Å². The van der Waals surface area contributed by atoms with Crippen LogP contribution in [0.25, 0.3) is 88.4 Å². The molecular weight excluding hydrogens is 830 g/mol. The van der Waals surface area contributed by atoms with Crippen LogP contribution in [0.3, 0.4) is 0 Å². The minimum atomic E-state index is -0.319. The third-order valence-electron chi connectivity index (χ3n) is 14.9. The maximum Gasteiger partial charge on any atom is 0.524 e. The number of hydrogen-bond donors (Lipinski definition) is 0. The van der Waals surface area contributed by atoms with Gasteiger partial charge in [0, 0.05) is 55.4 Å². The average molecular weight is 867 g/mol. The summed E-state index contributed by atoms with van der Waals surface area (Å²) in [5, 5.41) is 5.00. The predicted molar refractivity (Wildman–Crippen MR) is 281 cm³/mol. The molecule has 10 aromatic carbocycles. The van der Waals surface area contributed by atoms with Crippen molar-refractivity contribution in [3.8, 4) is 56.3 Å². The van der Waals surface area contributed by atoms with Gasteiger partial charge in [-0.1, -0.05) is 133 Å². The number of benzene rings is 10. The Hall–Kier alpha value is -8.87. The zero-order valence-electron chi connectivity index (χ0n) is 36.5. The Labute approximate surface area is 392 Å². The van der Waals surface area contributed by atoms with E-state index in [2.05, 4.69) is 237 Å². The molecule has 0 saturated heterocycles. The van der Waals surface area contributed by atoms with Crippen LogP contribution in [-0.2, 0) is 0 Å². The van der Waals surface area contributed by atoms with E-state index in [1.54, 1.807) is 0 Å². The number of fused-ring (bicyclic) bond motifs is 22. The van der Waals surface area contributed by atoms with Crippen molar-refractivity contribution < 1.29 is 9.31 Å². The Morgan fingerprint density at radius 2 is 0.750 bits per heavy atom. The lowest BCUT2D eigenvalue weighted by atomic mass is 9.63. The number of rotatable bonds is 3. The van der Waals surface area contributed by atoms with Crippen molar-refractivity contribution in [1.29, 1.82) is 0 Å². The highest BCUT2D eigenvalue weighted by molar-refractivity contribution is 6.78. The van der Waals surface area contributed by atoms with Crippen molar-refractivity contribution in [2.45, 2.75) is 0 Å². The van der Waals surface area contributed by atoms with Crippen molar-refractivity contribution in [2.24, 2.45) is 0 Å². The molecule has 6 heterocycles. The Morgan fingerprint density at radius 1 is 0.294 bits per heavy atom. The molecule has 4 aliphatic heterocycles. The van der Waals surface area contributed by atoms with Crippen LogP contribution in [0.2, 0.25) is 0 Å². The van der Waals surface area contributed by atoms with Gasteiger partial charge in [0.15, 0.2) is 0 Å². The van der Waals surface area contributed by atoms with E-state index in [4.69, 9.17) is 9.31 Å². The SMILES string of the molecule is c1ccc2c(c1)OB1c3cc(-c4ccc5c(c4)N4B(Oc6ccccc64)c4ccc(-n6c7ccccc7c7ccccc76)cc4-5)ccc3-c3cc(-n4c5ccccc5c5ccccc54)ccc3N12. The van der Waals surface area contributed by atoms with Gasteiger partial charge in [-0.05, 0) is 118 Å². The second-order valence-electron chi connectivity index (χ2n) is 18.4. The molecule has 0 atom stereocenters. The van der Waals surface area contributed by atoms with Gasteiger partial charge in [-0.15, -0.1) is 0 Å². The molecule has 2 aromatic heterocycles.